The zero-order chi connectivity index (χ0) is 13.9. The minimum Gasteiger partial charge on any atom is -0.503 e. The number of ether oxygens (including phenoxy) is 1. The molecule has 1 unspecified atom stereocenters. The van der Waals surface area contributed by atoms with Crippen molar-refractivity contribution in [2.24, 2.45) is 11.6 Å². The van der Waals surface area contributed by atoms with Gasteiger partial charge < -0.3 is 15.6 Å². The van der Waals surface area contributed by atoms with Crippen molar-refractivity contribution < 1.29 is 14.6 Å². The molecular formula is C11H16BrN3O3. The summed E-state index contributed by atoms with van der Waals surface area (Å²) in [5, 5.41) is 9.68. The summed E-state index contributed by atoms with van der Waals surface area (Å²) in [4.78, 5) is 11.4. The number of phenols is 1. The summed E-state index contributed by atoms with van der Waals surface area (Å²) in [5.41, 5.74) is 7.38. The van der Waals surface area contributed by atoms with Crippen LogP contribution in [0.4, 0.5) is 0 Å². The Balaban J connectivity index is 3.12. The predicted molar refractivity (Wildman–Crippen MR) is 71.0 cm³/mol. The van der Waals surface area contributed by atoms with E-state index in [1.54, 1.807) is 19.1 Å². The van der Waals surface area contributed by atoms with Crippen molar-refractivity contribution in [2.75, 3.05) is 7.11 Å². The largest absolute Gasteiger partial charge is 0.503 e. The lowest BCUT2D eigenvalue weighted by Gasteiger charge is -2.25. The van der Waals surface area contributed by atoms with E-state index in [4.69, 9.17) is 16.3 Å². The van der Waals surface area contributed by atoms with Gasteiger partial charge in [0.15, 0.2) is 11.5 Å². The number of rotatable bonds is 5. The van der Waals surface area contributed by atoms with E-state index >= 15 is 0 Å². The number of nitrogens with one attached hydrogen (secondary N) is 1. The van der Waals surface area contributed by atoms with Crippen LogP contribution in [0.1, 0.15) is 12.5 Å². The van der Waals surface area contributed by atoms with Crippen LogP contribution in [-0.2, 0) is 11.2 Å². The molecule has 0 saturated heterocycles. The Hall–Kier alpha value is -1.31. The fraction of sp³-hybridized carbons (Fsp3) is 0.364. The number of amides is 1. The van der Waals surface area contributed by atoms with Crippen molar-refractivity contribution >= 4 is 21.8 Å². The van der Waals surface area contributed by atoms with Gasteiger partial charge in [-0.25, -0.2) is 5.43 Å². The maximum Gasteiger partial charge on any atom is 0.239 e. The quantitative estimate of drug-likeness (QED) is 0.464. The minimum atomic E-state index is -1.07. The number of primary amides is 1. The molecule has 6 N–H and O–H groups in total. The van der Waals surface area contributed by atoms with Crippen LogP contribution in [-0.4, -0.2) is 23.7 Å². The molecule has 0 bridgehead atoms. The minimum absolute atomic E-state index is 0.00253. The van der Waals surface area contributed by atoms with Crippen LogP contribution < -0.4 is 21.7 Å². The second-order valence-electron chi connectivity index (χ2n) is 4.15. The molecule has 1 amide bonds. The third-order valence-corrected chi connectivity index (χ3v) is 3.33. The van der Waals surface area contributed by atoms with Crippen LogP contribution in [0.25, 0.3) is 0 Å². The van der Waals surface area contributed by atoms with Gasteiger partial charge in [-0.15, -0.1) is 0 Å². The fourth-order valence-electron chi connectivity index (χ4n) is 1.50. The molecule has 6 nitrogen and oxygen atoms in total. The highest BCUT2D eigenvalue weighted by molar-refractivity contribution is 9.10. The van der Waals surface area contributed by atoms with Crippen molar-refractivity contribution in [3.8, 4) is 11.5 Å². The number of hydrogen-bond acceptors (Lipinski definition) is 5. The number of hydrazine groups is 1. The van der Waals surface area contributed by atoms with Crippen LogP contribution in [0.15, 0.2) is 16.6 Å². The molecule has 1 aromatic rings. The topological polar surface area (TPSA) is 111 Å². The standard InChI is InChI=1S/C11H16BrN3O3/c1-11(15-14,10(13)17)5-6-3-7(12)9(16)8(4-6)18-2/h3-4,15-16H,5,14H2,1-2H3,(H2,13,17). The molecule has 1 atom stereocenters. The van der Waals surface area contributed by atoms with Gasteiger partial charge in [0.2, 0.25) is 5.91 Å². The van der Waals surface area contributed by atoms with E-state index in [0.717, 1.165) is 5.56 Å². The molecule has 0 heterocycles. The van der Waals surface area contributed by atoms with Crippen molar-refractivity contribution in [3.05, 3.63) is 22.2 Å². The number of methoxy groups -OCH3 is 1. The van der Waals surface area contributed by atoms with E-state index in [0.29, 0.717) is 10.2 Å². The van der Waals surface area contributed by atoms with Crippen molar-refractivity contribution in [3.63, 3.8) is 0 Å². The van der Waals surface area contributed by atoms with E-state index in [2.05, 4.69) is 21.4 Å². The van der Waals surface area contributed by atoms with E-state index in [-0.39, 0.29) is 12.2 Å². The maximum atomic E-state index is 11.4. The Morgan fingerprint density at radius 1 is 1.61 bits per heavy atom. The molecule has 0 aliphatic carbocycles. The summed E-state index contributed by atoms with van der Waals surface area (Å²) in [6.45, 7) is 1.60. The zero-order valence-corrected chi connectivity index (χ0v) is 11.7. The summed E-state index contributed by atoms with van der Waals surface area (Å²) in [5.74, 6) is 5.10. The van der Waals surface area contributed by atoms with E-state index in [1.807, 2.05) is 0 Å². The maximum absolute atomic E-state index is 11.4. The Bertz CT molecular complexity index is 467. The van der Waals surface area contributed by atoms with Crippen LogP contribution in [0.3, 0.4) is 0 Å². The molecular weight excluding hydrogens is 302 g/mol. The molecule has 0 saturated carbocycles. The Morgan fingerprint density at radius 3 is 2.67 bits per heavy atom. The van der Waals surface area contributed by atoms with Crippen LogP contribution in [0, 0.1) is 0 Å². The second-order valence-corrected chi connectivity index (χ2v) is 5.00. The zero-order valence-electron chi connectivity index (χ0n) is 10.2. The number of nitrogens with two attached hydrogens (primary N) is 2. The van der Waals surface area contributed by atoms with Gasteiger partial charge >= 0.3 is 0 Å². The monoisotopic (exact) mass is 317 g/mol. The van der Waals surface area contributed by atoms with Gasteiger partial charge in [-0.05, 0) is 40.5 Å². The molecule has 0 radical (unpaired) electrons. The highest BCUT2D eigenvalue weighted by Gasteiger charge is 2.30. The van der Waals surface area contributed by atoms with Gasteiger partial charge in [-0.3, -0.25) is 10.6 Å². The third-order valence-electron chi connectivity index (χ3n) is 2.73. The molecule has 0 aromatic heterocycles. The highest BCUT2D eigenvalue weighted by atomic mass is 79.9. The number of phenolic OH excluding ortho intramolecular Hbond substituents is 1. The van der Waals surface area contributed by atoms with E-state index in [1.165, 1.54) is 7.11 Å². The van der Waals surface area contributed by atoms with Crippen molar-refractivity contribution in [2.45, 2.75) is 18.9 Å². The molecule has 18 heavy (non-hydrogen) atoms. The first kappa shape index (κ1) is 14.7. The predicted octanol–water partition coefficient (Wildman–Crippen LogP) is 0.413. The van der Waals surface area contributed by atoms with Crippen molar-refractivity contribution in [1.82, 2.24) is 5.43 Å². The highest BCUT2D eigenvalue weighted by Crippen LogP contribution is 2.35. The summed E-state index contributed by atoms with van der Waals surface area (Å²) >= 11 is 3.21. The second kappa shape index (κ2) is 5.55. The van der Waals surface area contributed by atoms with Gasteiger partial charge in [0.1, 0.15) is 5.54 Å². The number of halogens is 1. The smallest absolute Gasteiger partial charge is 0.239 e. The molecule has 0 aliphatic rings. The van der Waals surface area contributed by atoms with E-state index in [9.17, 15) is 9.90 Å². The lowest BCUT2D eigenvalue weighted by molar-refractivity contribution is -0.123. The van der Waals surface area contributed by atoms with Crippen LogP contribution in [0.2, 0.25) is 0 Å². The molecule has 1 rings (SSSR count). The van der Waals surface area contributed by atoms with Gasteiger partial charge in [0.25, 0.3) is 0 Å². The number of benzene rings is 1. The fourth-order valence-corrected chi connectivity index (χ4v) is 1.99. The van der Waals surface area contributed by atoms with Gasteiger partial charge in [-0.2, -0.15) is 0 Å². The van der Waals surface area contributed by atoms with Crippen LogP contribution in [0.5, 0.6) is 11.5 Å². The number of hydrogen-bond donors (Lipinski definition) is 4. The van der Waals surface area contributed by atoms with Gasteiger partial charge in [0, 0.05) is 6.42 Å². The van der Waals surface area contributed by atoms with Gasteiger partial charge in [-0.1, -0.05) is 0 Å². The first-order chi connectivity index (χ1) is 8.34. The van der Waals surface area contributed by atoms with Crippen molar-refractivity contribution in [1.29, 1.82) is 0 Å². The lowest BCUT2D eigenvalue weighted by Crippen LogP contribution is -2.57. The normalized spacial score (nSPS) is 14.0. The number of carbonyl (C=O) groups excluding carboxylic acids is 1. The molecule has 0 fully saturated rings. The average molecular weight is 318 g/mol. The Kier molecular flexibility index (Phi) is 4.55. The summed E-state index contributed by atoms with van der Waals surface area (Å²) < 4.78 is 5.50. The first-order valence-electron chi connectivity index (χ1n) is 5.17. The summed E-state index contributed by atoms with van der Waals surface area (Å²) in [6.07, 6.45) is 0.272. The average Bonchev–Trinajstić information content (AvgIpc) is 2.33. The molecule has 0 spiro atoms. The Morgan fingerprint density at radius 2 is 2.22 bits per heavy atom. The Labute approximate surface area is 113 Å². The summed E-state index contributed by atoms with van der Waals surface area (Å²) in [6, 6.07) is 3.30. The molecule has 100 valence electrons. The third kappa shape index (κ3) is 2.92. The van der Waals surface area contributed by atoms with E-state index < -0.39 is 11.4 Å². The number of aromatic hydroxyl groups is 1. The molecule has 7 heteroatoms. The van der Waals surface area contributed by atoms with Gasteiger partial charge in [0.05, 0.1) is 11.6 Å². The molecule has 0 aliphatic heterocycles. The first-order valence-corrected chi connectivity index (χ1v) is 5.96. The van der Waals surface area contributed by atoms with Crippen LogP contribution >= 0.6 is 15.9 Å². The number of carbonyl (C=O) groups is 1. The SMILES string of the molecule is COc1cc(CC(C)(NN)C(N)=O)cc(Br)c1O. The summed E-state index contributed by atoms with van der Waals surface area (Å²) in [7, 11) is 1.44. The lowest BCUT2D eigenvalue weighted by atomic mass is 9.92. The molecule has 1 aromatic carbocycles.